The molecule has 19 heavy (non-hydrogen) atoms. The molecule has 1 heterocycles. The minimum absolute atomic E-state index is 0.238. The lowest BCUT2D eigenvalue weighted by molar-refractivity contribution is 0.566. The molecule has 2 aromatic rings. The van der Waals surface area contributed by atoms with Crippen molar-refractivity contribution in [3.8, 4) is 11.4 Å². The molecule has 0 spiro atoms. The Bertz CT molecular complexity index is 674. The fourth-order valence-corrected chi connectivity index (χ4v) is 1.87. The van der Waals surface area contributed by atoms with Crippen LogP contribution in [0.5, 0.6) is 0 Å². The van der Waals surface area contributed by atoms with Crippen molar-refractivity contribution in [2.75, 3.05) is 0 Å². The number of halogens is 2. The Hall–Kier alpha value is -1.49. The van der Waals surface area contributed by atoms with Crippen LogP contribution in [-0.2, 0) is 5.41 Å². The quantitative estimate of drug-likeness (QED) is 0.870. The molecule has 0 saturated heterocycles. The number of nitrogens with zero attached hydrogens (tertiary/aromatic N) is 1. The monoisotopic (exact) mass is 324 g/mol. The molecular formula is C14H14BrFN2O. The van der Waals surface area contributed by atoms with Gasteiger partial charge in [-0.15, -0.1) is 0 Å². The zero-order valence-corrected chi connectivity index (χ0v) is 12.5. The van der Waals surface area contributed by atoms with Crippen LogP contribution in [0, 0.1) is 5.82 Å². The maximum absolute atomic E-state index is 13.5. The van der Waals surface area contributed by atoms with Crippen LogP contribution < -0.4 is 5.56 Å². The molecule has 0 aliphatic heterocycles. The summed E-state index contributed by atoms with van der Waals surface area (Å²) in [6.07, 6.45) is 0. The fourth-order valence-electron chi connectivity index (χ4n) is 1.62. The van der Waals surface area contributed by atoms with Crippen molar-refractivity contribution in [3.63, 3.8) is 0 Å². The van der Waals surface area contributed by atoms with Gasteiger partial charge in [-0.25, -0.2) is 9.37 Å². The molecule has 3 nitrogen and oxygen atoms in total. The number of H-pyrrole nitrogens is 1. The summed E-state index contributed by atoms with van der Waals surface area (Å²) in [5.41, 5.74) is 0.744. The van der Waals surface area contributed by atoms with Gasteiger partial charge in [0.15, 0.2) is 0 Å². The molecule has 0 unspecified atom stereocenters. The average molecular weight is 325 g/mol. The Kier molecular flexibility index (Phi) is 3.58. The first-order valence-corrected chi connectivity index (χ1v) is 6.64. The van der Waals surface area contributed by atoms with E-state index in [1.807, 2.05) is 20.8 Å². The largest absolute Gasteiger partial charge is 0.307 e. The maximum atomic E-state index is 13.5. The van der Waals surface area contributed by atoms with Gasteiger partial charge in [0.25, 0.3) is 5.56 Å². The molecule has 0 aliphatic rings. The standard InChI is InChI=1S/C14H14BrFN2O/c1-14(2,3)11-7-12(19)18-13(17-11)8-4-5-9(15)10(16)6-8/h4-7H,1-3H3,(H,17,18,19). The highest BCUT2D eigenvalue weighted by atomic mass is 79.9. The first kappa shape index (κ1) is 13.9. The number of aromatic amines is 1. The second kappa shape index (κ2) is 4.89. The average Bonchev–Trinajstić information content (AvgIpc) is 2.31. The van der Waals surface area contributed by atoms with Crippen molar-refractivity contribution >= 4 is 15.9 Å². The van der Waals surface area contributed by atoms with E-state index in [4.69, 9.17) is 0 Å². The highest BCUT2D eigenvalue weighted by Crippen LogP contribution is 2.24. The van der Waals surface area contributed by atoms with E-state index in [1.54, 1.807) is 12.1 Å². The van der Waals surface area contributed by atoms with Gasteiger partial charge in [0.2, 0.25) is 0 Å². The molecule has 1 N–H and O–H groups in total. The first-order chi connectivity index (χ1) is 8.77. The summed E-state index contributed by atoms with van der Waals surface area (Å²) in [4.78, 5) is 18.7. The minimum Gasteiger partial charge on any atom is -0.307 e. The fraction of sp³-hybridized carbons (Fsp3) is 0.286. The van der Waals surface area contributed by atoms with E-state index in [-0.39, 0.29) is 16.8 Å². The summed E-state index contributed by atoms with van der Waals surface area (Å²) in [5, 5.41) is 0. The van der Waals surface area contributed by atoms with Crippen LogP contribution in [0.4, 0.5) is 4.39 Å². The normalized spacial score (nSPS) is 11.6. The van der Waals surface area contributed by atoms with E-state index in [2.05, 4.69) is 25.9 Å². The molecule has 0 amide bonds. The van der Waals surface area contributed by atoms with Crippen molar-refractivity contribution in [2.45, 2.75) is 26.2 Å². The Morgan fingerprint density at radius 1 is 1.26 bits per heavy atom. The summed E-state index contributed by atoms with van der Waals surface area (Å²) in [5.74, 6) is -0.00913. The Morgan fingerprint density at radius 2 is 1.95 bits per heavy atom. The van der Waals surface area contributed by atoms with Crippen molar-refractivity contribution < 1.29 is 4.39 Å². The van der Waals surface area contributed by atoms with E-state index in [1.165, 1.54) is 12.1 Å². The number of hydrogen-bond acceptors (Lipinski definition) is 2. The summed E-state index contributed by atoms with van der Waals surface area (Å²) < 4.78 is 13.9. The lowest BCUT2D eigenvalue weighted by atomic mass is 9.92. The zero-order chi connectivity index (χ0) is 14.2. The van der Waals surface area contributed by atoms with Crippen molar-refractivity contribution in [3.05, 3.63) is 50.6 Å². The summed E-state index contributed by atoms with van der Waals surface area (Å²) in [7, 11) is 0. The third kappa shape index (κ3) is 3.10. The lowest BCUT2D eigenvalue weighted by Crippen LogP contribution is -2.19. The number of nitrogens with one attached hydrogen (secondary N) is 1. The van der Waals surface area contributed by atoms with Gasteiger partial charge in [0.05, 0.1) is 10.2 Å². The molecule has 5 heteroatoms. The molecule has 0 bridgehead atoms. The van der Waals surface area contributed by atoms with Gasteiger partial charge in [-0.3, -0.25) is 4.79 Å². The van der Waals surface area contributed by atoms with Crippen LogP contribution in [0.1, 0.15) is 26.5 Å². The molecule has 0 atom stereocenters. The molecule has 0 fully saturated rings. The van der Waals surface area contributed by atoms with Gasteiger partial charge in [-0.05, 0) is 34.1 Å². The van der Waals surface area contributed by atoms with Crippen LogP contribution in [0.25, 0.3) is 11.4 Å². The van der Waals surface area contributed by atoms with Gasteiger partial charge in [-0.1, -0.05) is 20.8 Å². The molecule has 0 radical (unpaired) electrons. The number of benzene rings is 1. The summed E-state index contributed by atoms with van der Waals surface area (Å²) >= 11 is 3.10. The van der Waals surface area contributed by atoms with Gasteiger partial charge < -0.3 is 4.98 Å². The van der Waals surface area contributed by atoms with Gasteiger partial charge in [0.1, 0.15) is 11.6 Å². The SMILES string of the molecule is CC(C)(C)c1cc(=O)[nH]c(-c2ccc(Br)c(F)c2)n1. The van der Waals surface area contributed by atoms with Crippen LogP contribution in [-0.4, -0.2) is 9.97 Å². The predicted molar refractivity (Wildman–Crippen MR) is 76.7 cm³/mol. The maximum Gasteiger partial charge on any atom is 0.251 e. The van der Waals surface area contributed by atoms with Crippen molar-refractivity contribution in [1.82, 2.24) is 9.97 Å². The van der Waals surface area contributed by atoms with E-state index in [0.29, 0.717) is 21.6 Å². The number of hydrogen-bond donors (Lipinski definition) is 1. The third-order valence-corrected chi connectivity index (χ3v) is 3.35. The van der Waals surface area contributed by atoms with Crippen LogP contribution in [0.2, 0.25) is 0 Å². The van der Waals surface area contributed by atoms with Crippen LogP contribution in [0.3, 0.4) is 0 Å². The Balaban J connectivity index is 2.59. The zero-order valence-electron chi connectivity index (χ0n) is 10.9. The van der Waals surface area contributed by atoms with Gasteiger partial charge in [-0.2, -0.15) is 0 Å². The third-order valence-electron chi connectivity index (χ3n) is 2.70. The van der Waals surface area contributed by atoms with E-state index in [9.17, 15) is 9.18 Å². The summed E-state index contributed by atoms with van der Waals surface area (Å²) in [6, 6.07) is 6.11. The second-order valence-electron chi connectivity index (χ2n) is 5.36. The highest BCUT2D eigenvalue weighted by molar-refractivity contribution is 9.10. The molecular weight excluding hydrogens is 311 g/mol. The number of aromatic nitrogens is 2. The molecule has 100 valence electrons. The number of rotatable bonds is 1. The van der Waals surface area contributed by atoms with Crippen molar-refractivity contribution in [1.29, 1.82) is 0 Å². The molecule has 1 aromatic carbocycles. The lowest BCUT2D eigenvalue weighted by Gasteiger charge is -2.17. The van der Waals surface area contributed by atoms with E-state index < -0.39 is 0 Å². The topological polar surface area (TPSA) is 45.8 Å². The van der Waals surface area contributed by atoms with Crippen LogP contribution >= 0.6 is 15.9 Å². The van der Waals surface area contributed by atoms with E-state index in [0.717, 1.165) is 0 Å². The Morgan fingerprint density at radius 3 is 2.53 bits per heavy atom. The van der Waals surface area contributed by atoms with Crippen LogP contribution in [0.15, 0.2) is 33.5 Å². The molecule has 0 aliphatic carbocycles. The minimum atomic E-state index is -0.388. The predicted octanol–water partition coefficient (Wildman–Crippen LogP) is 3.64. The second-order valence-corrected chi connectivity index (χ2v) is 6.21. The smallest absolute Gasteiger partial charge is 0.251 e. The molecule has 0 saturated carbocycles. The van der Waals surface area contributed by atoms with E-state index >= 15 is 0 Å². The highest BCUT2D eigenvalue weighted by Gasteiger charge is 2.17. The summed E-state index contributed by atoms with van der Waals surface area (Å²) in [6.45, 7) is 5.92. The molecule has 2 rings (SSSR count). The Labute approximate surface area is 119 Å². The van der Waals surface area contributed by atoms with Gasteiger partial charge >= 0.3 is 0 Å². The van der Waals surface area contributed by atoms with Crippen molar-refractivity contribution in [2.24, 2.45) is 0 Å². The molecule has 1 aromatic heterocycles. The first-order valence-electron chi connectivity index (χ1n) is 5.84. The van der Waals surface area contributed by atoms with Gasteiger partial charge in [0, 0.05) is 17.0 Å².